The van der Waals surface area contributed by atoms with Crippen LogP contribution in [0.2, 0.25) is 5.02 Å². The van der Waals surface area contributed by atoms with E-state index in [0.29, 0.717) is 18.7 Å². The molecule has 13 heavy (non-hydrogen) atoms. The minimum Gasteiger partial charge on any atom is -0.495 e. The number of hydrogen-bond acceptors (Lipinski definition) is 2. The molecule has 1 rings (SSSR count). The monoisotopic (exact) mass is 203 g/mol. The van der Waals surface area contributed by atoms with Crippen LogP contribution in [0.25, 0.3) is 0 Å². The molecule has 72 valence electrons. The van der Waals surface area contributed by atoms with Crippen molar-refractivity contribution in [2.75, 3.05) is 13.7 Å². The Kier molecular flexibility index (Phi) is 3.51. The van der Waals surface area contributed by atoms with Gasteiger partial charge in [0.25, 0.3) is 0 Å². The summed E-state index contributed by atoms with van der Waals surface area (Å²) >= 11 is 5.63. The first-order valence-electron chi connectivity index (χ1n) is 3.91. The molecule has 0 fully saturated rings. The smallest absolute Gasteiger partial charge is 0.145 e. The summed E-state index contributed by atoms with van der Waals surface area (Å²) in [6, 6.07) is 3.07. The summed E-state index contributed by atoms with van der Waals surface area (Å²) in [5, 5.41) is 0.0169. The molecule has 0 aliphatic heterocycles. The van der Waals surface area contributed by atoms with E-state index in [4.69, 9.17) is 22.1 Å². The predicted octanol–water partition coefficient (Wildman–Crippen LogP) is 1.99. The molecule has 1 aromatic rings. The van der Waals surface area contributed by atoms with Crippen molar-refractivity contribution in [1.82, 2.24) is 0 Å². The molecule has 0 radical (unpaired) electrons. The fourth-order valence-electron chi connectivity index (χ4n) is 1.08. The van der Waals surface area contributed by atoms with Crippen molar-refractivity contribution in [3.63, 3.8) is 0 Å². The molecule has 0 atom stereocenters. The van der Waals surface area contributed by atoms with Gasteiger partial charge in [-0.25, -0.2) is 4.39 Å². The number of rotatable bonds is 3. The Morgan fingerprint density at radius 2 is 2.23 bits per heavy atom. The van der Waals surface area contributed by atoms with E-state index in [1.807, 2.05) is 0 Å². The molecule has 0 amide bonds. The van der Waals surface area contributed by atoms with Crippen LogP contribution in [0.1, 0.15) is 5.56 Å². The Morgan fingerprint density at radius 1 is 1.54 bits per heavy atom. The van der Waals surface area contributed by atoms with Crippen LogP contribution < -0.4 is 10.5 Å². The van der Waals surface area contributed by atoms with Gasteiger partial charge in [-0.2, -0.15) is 0 Å². The minimum absolute atomic E-state index is 0.0169. The second-order valence-corrected chi connectivity index (χ2v) is 3.01. The van der Waals surface area contributed by atoms with Crippen LogP contribution in [-0.2, 0) is 6.42 Å². The third-order valence-electron chi connectivity index (χ3n) is 1.71. The number of methoxy groups -OCH3 is 1. The first kappa shape index (κ1) is 10.3. The second kappa shape index (κ2) is 4.44. The van der Waals surface area contributed by atoms with E-state index in [-0.39, 0.29) is 5.02 Å². The summed E-state index contributed by atoms with van der Waals surface area (Å²) in [6.45, 7) is 0.476. The zero-order chi connectivity index (χ0) is 9.84. The fraction of sp³-hybridized carbons (Fsp3) is 0.333. The zero-order valence-electron chi connectivity index (χ0n) is 7.31. The Morgan fingerprint density at radius 3 is 2.77 bits per heavy atom. The first-order chi connectivity index (χ1) is 6.19. The average molecular weight is 204 g/mol. The van der Waals surface area contributed by atoms with Crippen LogP contribution in [0, 0.1) is 5.82 Å². The van der Waals surface area contributed by atoms with E-state index >= 15 is 0 Å². The Bertz CT molecular complexity index is 304. The van der Waals surface area contributed by atoms with Crippen molar-refractivity contribution < 1.29 is 9.13 Å². The molecular formula is C9H11ClFNO. The van der Waals surface area contributed by atoms with Gasteiger partial charge in [0.15, 0.2) is 0 Å². The minimum atomic E-state index is -0.468. The SMILES string of the molecule is COc1cc(CCN)cc(F)c1Cl. The molecule has 1 aromatic carbocycles. The van der Waals surface area contributed by atoms with Gasteiger partial charge in [0.2, 0.25) is 0 Å². The lowest BCUT2D eigenvalue weighted by Gasteiger charge is -2.06. The van der Waals surface area contributed by atoms with Crippen LogP contribution in [0.15, 0.2) is 12.1 Å². The summed E-state index contributed by atoms with van der Waals surface area (Å²) < 4.78 is 18.0. The van der Waals surface area contributed by atoms with Gasteiger partial charge in [0, 0.05) is 0 Å². The number of halogens is 2. The number of nitrogens with two attached hydrogens (primary N) is 1. The van der Waals surface area contributed by atoms with E-state index < -0.39 is 5.82 Å². The van der Waals surface area contributed by atoms with Gasteiger partial charge >= 0.3 is 0 Å². The highest BCUT2D eigenvalue weighted by atomic mass is 35.5. The highest BCUT2D eigenvalue weighted by Crippen LogP contribution is 2.28. The molecular weight excluding hydrogens is 193 g/mol. The molecule has 0 bridgehead atoms. The lowest BCUT2D eigenvalue weighted by atomic mass is 10.1. The number of ether oxygens (including phenoxy) is 1. The third kappa shape index (κ3) is 2.32. The van der Waals surface area contributed by atoms with E-state index in [2.05, 4.69) is 0 Å². The number of benzene rings is 1. The van der Waals surface area contributed by atoms with Crippen LogP contribution in [0.5, 0.6) is 5.75 Å². The normalized spacial score (nSPS) is 10.2. The van der Waals surface area contributed by atoms with Crippen molar-refractivity contribution in [1.29, 1.82) is 0 Å². The third-order valence-corrected chi connectivity index (χ3v) is 2.07. The highest BCUT2D eigenvalue weighted by Gasteiger charge is 2.08. The number of hydrogen-bond donors (Lipinski definition) is 1. The molecule has 0 aliphatic carbocycles. The maximum absolute atomic E-state index is 13.1. The molecule has 0 unspecified atom stereocenters. The van der Waals surface area contributed by atoms with E-state index in [1.54, 1.807) is 6.07 Å². The van der Waals surface area contributed by atoms with Crippen LogP contribution in [0.4, 0.5) is 4.39 Å². The van der Waals surface area contributed by atoms with E-state index in [0.717, 1.165) is 5.56 Å². The maximum atomic E-state index is 13.1. The van der Waals surface area contributed by atoms with Gasteiger partial charge in [-0.15, -0.1) is 0 Å². The Balaban J connectivity index is 3.06. The van der Waals surface area contributed by atoms with E-state index in [9.17, 15) is 4.39 Å². The van der Waals surface area contributed by atoms with E-state index in [1.165, 1.54) is 13.2 Å². The molecule has 4 heteroatoms. The Hall–Kier alpha value is -0.800. The molecule has 0 spiro atoms. The topological polar surface area (TPSA) is 35.2 Å². The van der Waals surface area contributed by atoms with Gasteiger partial charge in [0.1, 0.15) is 16.6 Å². The van der Waals surface area contributed by atoms with Crippen LogP contribution in [-0.4, -0.2) is 13.7 Å². The predicted molar refractivity (Wildman–Crippen MR) is 50.7 cm³/mol. The van der Waals surface area contributed by atoms with Crippen molar-refractivity contribution >= 4 is 11.6 Å². The van der Waals surface area contributed by atoms with Crippen molar-refractivity contribution in [2.45, 2.75) is 6.42 Å². The fourth-order valence-corrected chi connectivity index (χ4v) is 1.26. The molecule has 0 aromatic heterocycles. The first-order valence-corrected chi connectivity index (χ1v) is 4.28. The molecule has 2 N–H and O–H groups in total. The van der Waals surface area contributed by atoms with Crippen molar-refractivity contribution in [3.8, 4) is 5.75 Å². The lowest BCUT2D eigenvalue weighted by molar-refractivity contribution is 0.411. The molecule has 2 nitrogen and oxygen atoms in total. The second-order valence-electron chi connectivity index (χ2n) is 2.63. The maximum Gasteiger partial charge on any atom is 0.145 e. The van der Waals surface area contributed by atoms with Crippen LogP contribution >= 0.6 is 11.6 Å². The van der Waals surface area contributed by atoms with Gasteiger partial charge in [-0.3, -0.25) is 0 Å². The lowest BCUT2D eigenvalue weighted by Crippen LogP contribution is -2.03. The largest absolute Gasteiger partial charge is 0.495 e. The van der Waals surface area contributed by atoms with Crippen LogP contribution in [0.3, 0.4) is 0 Å². The quantitative estimate of drug-likeness (QED) is 0.816. The standard InChI is InChI=1S/C9H11ClFNO/c1-13-8-5-6(2-3-12)4-7(11)9(8)10/h4-5H,2-3,12H2,1H3. The summed E-state index contributed by atoms with van der Waals surface area (Å²) in [6.07, 6.45) is 0.616. The molecule has 0 aliphatic rings. The highest BCUT2D eigenvalue weighted by molar-refractivity contribution is 6.32. The Labute approximate surface area is 81.4 Å². The van der Waals surface area contributed by atoms with Crippen molar-refractivity contribution in [2.24, 2.45) is 5.73 Å². The molecule has 0 heterocycles. The summed E-state index contributed by atoms with van der Waals surface area (Å²) in [4.78, 5) is 0. The van der Waals surface area contributed by atoms with Crippen molar-refractivity contribution in [3.05, 3.63) is 28.5 Å². The van der Waals surface area contributed by atoms with Gasteiger partial charge in [0.05, 0.1) is 7.11 Å². The average Bonchev–Trinajstić information content (AvgIpc) is 2.11. The van der Waals surface area contributed by atoms with Gasteiger partial charge < -0.3 is 10.5 Å². The van der Waals surface area contributed by atoms with Gasteiger partial charge in [-0.05, 0) is 30.7 Å². The summed E-state index contributed by atoms with van der Waals surface area (Å²) in [5.74, 6) is -0.116. The van der Waals surface area contributed by atoms with Gasteiger partial charge in [-0.1, -0.05) is 11.6 Å². The zero-order valence-corrected chi connectivity index (χ0v) is 8.07. The summed E-state index contributed by atoms with van der Waals surface area (Å²) in [5.41, 5.74) is 6.14. The molecule has 0 saturated heterocycles. The summed E-state index contributed by atoms with van der Waals surface area (Å²) in [7, 11) is 1.45. The molecule has 0 saturated carbocycles.